The molecule has 0 radical (unpaired) electrons. The van der Waals surface area contributed by atoms with Crippen molar-refractivity contribution in [1.82, 2.24) is 20.8 Å². The number of aromatic nitrogens is 2. The first-order valence-electron chi connectivity index (χ1n) is 8.82. The lowest BCUT2D eigenvalue weighted by molar-refractivity contribution is 0.386. The number of aryl methyl sites for hydroxylation is 2. The minimum atomic E-state index is -0.175. The monoisotopic (exact) mass is 360 g/mol. The number of hydrogen-bond donors (Lipinski definition) is 2. The van der Waals surface area contributed by atoms with Gasteiger partial charge >= 0.3 is 0 Å². The van der Waals surface area contributed by atoms with Crippen LogP contribution in [0.25, 0.3) is 0 Å². The summed E-state index contributed by atoms with van der Waals surface area (Å²) < 4.78 is 19.2. The third-order valence-corrected chi connectivity index (χ3v) is 4.41. The van der Waals surface area contributed by atoms with E-state index in [0.717, 1.165) is 31.5 Å². The Bertz CT molecular complexity index is 775. The maximum Gasteiger partial charge on any atom is 0.223 e. The maximum absolute atomic E-state index is 14.2. The summed E-state index contributed by atoms with van der Waals surface area (Å²) in [6.45, 7) is 5.74. The molecular formula is C18H25FN6O. The highest BCUT2D eigenvalue weighted by Crippen LogP contribution is 2.24. The second kappa shape index (κ2) is 8.16. The highest BCUT2D eigenvalue weighted by Gasteiger charge is 2.23. The van der Waals surface area contributed by atoms with Gasteiger partial charge in [-0.25, -0.2) is 4.39 Å². The topological polar surface area (TPSA) is 78.6 Å². The number of halogens is 1. The summed E-state index contributed by atoms with van der Waals surface area (Å²) in [5.41, 5.74) is 1.73. The summed E-state index contributed by atoms with van der Waals surface area (Å²) >= 11 is 0. The summed E-state index contributed by atoms with van der Waals surface area (Å²) in [6, 6.07) is 5.42. The van der Waals surface area contributed by atoms with Crippen LogP contribution in [0.15, 0.2) is 27.7 Å². The summed E-state index contributed by atoms with van der Waals surface area (Å²) in [7, 11) is 1.72. The number of anilines is 1. The molecule has 1 saturated heterocycles. The first-order chi connectivity index (χ1) is 12.5. The molecule has 0 amide bonds. The first-order valence-corrected chi connectivity index (χ1v) is 8.82. The summed E-state index contributed by atoms with van der Waals surface area (Å²) in [5.74, 6) is 1.61. The predicted molar refractivity (Wildman–Crippen MR) is 98.7 cm³/mol. The van der Waals surface area contributed by atoms with Gasteiger partial charge in [0.05, 0.1) is 12.2 Å². The van der Waals surface area contributed by atoms with Crippen molar-refractivity contribution in [2.75, 3.05) is 25.0 Å². The van der Waals surface area contributed by atoms with E-state index >= 15 is 0 Å². The van der Waals surface area contributed by atoms with Gasteiger partial charge in [-0.15, -0.1) is 0 Å². The van der Waals surface area contributed by atoms with Crippen molar-refractivity contribution in [3.63, 3.8) is 0 Å². The van der Waals surface area contributed by atoms with E-state index in [9.17, 15) is 4.39 Å². The van der Waals surface area contributed by atoms with Gasteiger partial charge in [0, 0.05) is 33.1 Å². The molecule has 0 spiro atoms. The Balaban J connectivity index is 1.59. The Morgan fingerprint density at radius 1 is 1.42 bits per heavy atom. The average molecular weight is 360 g/mol. The van der Waals surface area contributed by atoms with E-state index in [0.29, 0.717) is 29.9 Å². The van der Waals surface area contributed by atoms with Gasteiger partial charge in [-0.3, -0.25) is 4.99 Å². The number of hydrogen-bond acceptors (Lipinski definition) is 5. The van der Waals surface area contributed by atoms with E-state index in [2.05, 4.69) is 30.7 Å². The number of nitrogens with zero attached hydrogens (tertiary/aromatic N) is 4. The number of nitrogens with one attached hydrogen (secondary N) is 2. The molecule has 7 nitrogen and oxygen atoms in total. The molecule has 2 aromatic rings. The molecule has 1 fully saturated rings. The standard InChI is InChI=1S/C18H25FN6O/c1-12-6-7-15(19)16(9-12)25-8-4-5-14(11-25)23-18(20-3)21-10-17-22-13(2)26-24-17/h6-7,9,14H,4-5,8,10-11H2,1-3H3,(H2,20,21,23). The lowest BCUT2D eigenvalue weighted by Gasteiger charge is -2.35. The van der Waals surface area contributed by atoms with Crippen LogP contribution in [0.3, 0.4) is 0 Å². The molecule has 2 N–H and O–H groups in total. The molecule has 1 aromatic carbocycles. The normalized spacial score (nSPS) is 18.1. The minimum absolute atomic E-state index is 0.175. The van der Waals surface area contributed by atoms with Crippen LogP contribution in [0.2, 0.25) is 0 Å². The fourth-order valence-corrected chi connectivity index (χ4v) is 3.14. The van der Waals surface area contributed by atoms with Gasteiger partial charge in [-0.05, 0) is 37.5 Å². The van der Waals surface area contributed by atoms with Crippen LogP contribution >= 0.6 is 0 Å². The summed E-state index contributed by atoms with van der Waals surface area (Å²) in [5, 5.41) is 10.4. The molecule has 26 heavy (non-hydrogen) atoms. The van der Waals surface area contributed by atoms with Gasteiger partial charge in [0.15, 0.2) is 11.8 Å². The molecule has 140 valence electrons. The van der Waals surface area contributed by atoms with Crippen LogP contribution in [-0.4, -0.2) is 42.3 Å². The van der Waals surface area contributed by atoms with Gasteiger partial charge in [0.25, 0.3) is 0 Å². The Hall–Kier alpha value is -2.64. The molecule has 2 heterocycles. The fraction of sp³-hybridized carbons (Fsp3) is 0.500. The lowest BCUT2D eigenvalue weighted by atomic mass is 10.0. The van der Waals surface area contributed by atoms with Crippen molar-refractivity contribution >= 4 is 11.6 Å². The van der Waals surface area contributed by atoms with Crippen molar-refractivity contribution in [1.29, 1.82) is 0 Å². The zero-order chi connectivity index (χ0) is 18.5. The van der Waals surface area contributed by atoms with Crippen molar-refractivity contribution in [3.8, 4) is 0 Å². The predicted octanol–water partition coefficient (Wildman–Crippen LogP) is 2.16. The number of aliphatic imine (C=N–C) groups is 1. The second-order valence-corrected chi connectivity index (χ2v) is 6.54. The van der Waals surface area contributed by atoms with Crippen molar-refractivity contribution < 1.29 is 8.91 Å². The highest BCUT2D eigenvalue weighted by molar-refractivity contribution is 5.80. The molecular weight excluding hydrogens is 335 g/mol. The molecule has 3 rings (SSSR count). The second-order valence-electron chi connectivity index (χ2n) is 6.54. The number of guanidine groups is 1. The van der Waals surface area contributed by atoms with Gasteiger partial charge in [0.1, 0.15) is 5.82 Å². The van der Waals surface area contributed by atoms with Crippen LogP contribution in [0.5, 0.6) is 0 Å². The number of benzene rings is 1. The van der Waals surface area contributed by atoms with E-state index in [-0.39, 0.29) is 11.9 Å². The number of piperidine rings is 1. The molecule has 1 aromatic heterocycles. The van der Waals surface area contributed by atoms with Crippen molar-refractivity contribution in [2.24, 2.45) is 4.99 Å². The van der Waals surface area contributed by atoms with E-state index in [1.165, 1.54) is 6.07 Å². The van der Waals surface area contributed by atoms with E-state index < -0.39 is 0 Å². The molecule has 0 aliphatic carbocycles. The Kier molecular flexibility index (Phi) is 5.70. The van der Waals surface area contributed by atoms with Gasteiger partial charge in [-0.2, -0.15) is 4.98 Å². The third-order valence-electron chi connectivity index (χ3n) is 4.41. The Morgan fingerprint density at radius 3 is 3.00 bits per heavy atom. The molecule has 0 bridgehead atoms. The Labute approximate surface area is 152 Å². The molecule has 1 aliphatic rings. The van der Waals surface area contributed by atoms with Gasteiger partial charge in [0.2, 0.25) is 5.89 Å². The van der Waals surface area contributed by atoms with E-state index in [1.807, 2.05) is 13.0 Å². The molecule has 1 atom stereocenters. The van der Waals surface area contributed by atoms with Crippen LogP contribution < -0.4 is 15.5 Å². The smallest absolute Gasteiger partial charge is 0.223 e. The lowest BCUT2D eigenvalue weighted by Crippen LogP contribution is -2.51. The quantitative estimate of drug-likeness (QED) is 0.643. The molecule has 1 aliphatic heterocycles. The zero-order valence-corrected chi connectivity index (χ0v) is 15.4. The zero-order valence-electron chi connectivity index (χ0n) is 15.4. The van der Waals surface area contributed by atoms with Crippen LogP contribution in [0, 0.1) is 19.7 Å². The highest BCUT2D eigenvalue weighted by atomic mass is 19.1. The largest absolute Gasteiger partial charge is 0.367 e. The first kappa shape index (κ1) is 18.2. The summed E-state index contributed by atoms with van der Waals surface area (Å²) in [6.07, 6.45) is 2.00. The van der Waals surface area contributed by atoms with E-state index in [1.54, 1.807) is 20.0 Å². The average Bonchev–Trinajstić information content (AvgIpc) is 3.06. The minimum Gasteiger partial charge on any atom is -0.367 e. The van der Waals surface area contributed by atoms with Crippen LogP contribution in [0.4, 0.5) is 10.1 Å². The molecule has 1 unspecified atom stereocenters. The SMILES string of the molecule is CN=C(NCc1noc(C)n1)NC1CCCN(c2cc(C)ccc2F)C1. The molecule has 8 heteroatoms. The Morgan fingerprint density at radius 2 is 2.27 bits per heavy atom. The van der Waals surface area contributed by atoms with Gasteiger partial charge < -0.3 is 20.1 Å². The maximum atomic E-state index is 14.2. The van der Waals surface area contributed by atoms with Gasteiger partial charge in [-0.1, -0.05) is 11.2 Å². The van der Waals surface area contributed by atoms with Crippen LogP contribution in [0.1, 0.15) is 30.1 Å². The third kappa shape index (κ3) is 4.50. The van der Waals surface area contributed by atoms with Crippen molar-refractivity contribution in [2.45, 2.75) is 39.3 Å². The number of rotatable bonds is 4. The van der Waals surface area contributed by atoms with Crippen LogP contribution in [-0.2, 0) is 6.54 Å². The molecule has 0 saturated carbocycles. The van der Waals surface area contributed by atoms with Crippen molar-refractivity contribution in [3.05, 3.63) is 41.3 Å². The summed E-state index contributed by atoms with van der Waals surface area (Å²) in [4.78, 5) is 10.5. The van der Waals surface area contributed by atoms with E-state index in [4.69, 9.17) is 4.52 Å². The fourth-order valence-electron chi connectivity index (χ4n) is 3.14.